The molecule has 0 saturated heterocycles. The number of hydrogen-bond acceptors (Lipinski definition) is 2. The van der Waals surface area contributed by atoms with Crippen molar-refractivity contribution < 1.29 is 9.30 Å². The van der Waals surface area contributed by atoms with Crippen LogP contribution in [0.25, 0.3) is 18.2 Å². The number of pyridine rings is 1. The second-order valence-corrected chi connectivity index (χ2v) is 4.98. The summed E-state index contributed by atoms with van der Waals surface area (Å²) in [5.74, 6) is 0.865. The third-order valence-electron chi connectivity index (χ3n) is 3.51. The summed E-state index contributed by atoms with van der Waals surface area (Å²) in [7, 11) is 1.68. The molecule has 0 spiro atoms. The van der Waals surface area contributed by atoms with Gasteiger partial charge in [0.15, 0.2) is 6.54 Å². The third kappa shape index (κ3) is 4.41. The Labute approximate surface area is 138 Å². The van der Waals surface area contributed by atoms with Crippen LogP contribution in [0.4, 0.5) is 0 Å². The van der Waals surface area contributed by atoms with E-state index in [1.807, 2.05) is 60.7 Å². The molecular weight excluding hydrogens is 284 g/mol. The van der Waals surface area contributed by atoms with Gasteiger partial charge in [-0.1, -0.05) is 43.0 Å². The highest BCUT2D eigenvalue weighted by Crippen LogP contribution is 2.18. The number of allylic oxidation sites excluding steroid dienone is 2. The van der Waals surface area contributed by atoms with E-state index >= 15 is 0 Å². The number of aromatic nitrogens is 1. The second kappa shape index (κ2) is 8.71. The summed E-state index contributed by atoms with van der Waals surface area (Å²) in [5.41, 5.74) is 8.92. The molecule has 0 aliphatic carbocycles. The van der Waals surface area contributed by atoms with Crippen LogP contribution < -0.4 is 15.0 Å². The van der Waals surface area contributed by atoms with Gasteiger partial charge in [0.25, 0.3) is 0 Å². The Kier molecular flexibility index (Phi) is 6.33. The van der Waals surface area contributed by atoms with Gasteiger partial charge in [-0.15, -0.1) is 0 Å². The Hall–Kier alpha value is -2.65. The number of methoxy groups -OCH3 is 1. The minimum Gasteiger partial charge on any atom is -0.496 e. The van der Waals surface area contributed by atoms with Crippen molar-refractivity contribution in [3.05, 3.63) is 78.1 Å². The zero-order chi connectivity index (χ0) is 16.5. The minimum atomic E-state index is 0.591. The fourth-order valence-corrected chi connectivity index (χ4v) is 2.40. The first-order chi connectivity index (χ1) is 11.3. The predicted octanol–water partition coefficient (Wildman–Crippen LogP) is 3.31. The molecule has 0 atom stereocenters. The van der Waals surface area contributed by atoms with Gasteiger partial charge in [0.2, 0.25) is 11.4 Å². The summed E-state index contributed by atoms with van der Waals surface area (Å²) in [6.07, 6.45) is 9.96. The molecule has 1 aromatic heterocycles. The van der Waals surface area contributed by atoms with Gasteiger partial charge in [-0.25, -0.2) is 0 Å². The van der Waals surface area contributed by atoms with E-state index in [9.17, 15) is 0 Å². The number of ether oxygens (including phenoxy) is 1. The van der Waals surface area contributed by atoms with E-state index in [1.54, 1.807) is 7.11 Å². The fourth-order valence-electron chi connectivity index (χ4n) is 2.40. The molecule has 118 valence electrons. The summed E-state index contributed by atoms with van der Waals surface area (Å²) >= 11 is 0. The van der Waals surface area contributed by atoms with Gasteiger partial charge in [0.1, 0.15) is 5.75 Å². The van der Waals surface area contributed by atoms with Crippen molar-refractivity contribution >= 4 is 18.2 Å². The highest BCUT2D eigenvalue weighted by Gasteiger charge is 2.10. The molecule has 1 aromatic carbocycles. The normalized spacial score (nSPS) is 11.2. The third-order valence-corrected chi connectivity index (χ3v) is 3.51. The van der Waals surface area contributed by atoms with Crippen LogP contribution in [-0.4, -0.2) is 13.7 Å². The van der Waals surface area contributed by atoms with E-state index in [1.165, 1.54) is 0 Å². The minimum absolute atomic E-state index is 0.591. The lowest BCUT2D eigenvalue weighted by molar-refractivity contribution is -0.697. The van der Waals surface area contributed by atoms with E-state index in [0.717, 1.165) is 29.2 Å². The average Bonchev–Trinajstić information content (AvgIpc) is 2.60. The van der Waals surface area contributed by atoms with Gasteiger partial charge in [-0.3, -0.25) is 0 Å². The first kappa shape index (κ1) is 16.7. The lowest BCUT2D eigenvalue weighted by Gasteiger charge is -2.03. The van der Waals surface area contributed by atoms with E-state index in [0.29, 0.717) is 6.54 Å². The first-order valence-electron chi connectivity index (χ1n) is 7.63. The zero-order valence-corrected chi connectivity index (χ0v) is 13.5. The Morgan fingerprint density at radius 2 is 1.78 bits per heavy atom. The predicted molar refractivity (Wildman–Crippen MR) is 96.8 cm³/mol. The number of nitrogens with zero attached hydrogens (tertiary/aromatic N) is 1. The van der Waals surface area contributed by atoms with Crippen molar-refractivity contribution in [2.75, 3.05) is 13.7 Å². The van der Waals surface area contributed by atoms with E-state index < -0.39 is 0 Å². The molecule has 0 bridgehead atoms. The maximum atomic E-state index is 5.71. The molecule has 2 N–H and O–H groups in total. The number of nitrogens with two attached hydrogens (primary N) is 1. The molecule has 3 heteroatoms. The molecule has 3 nitrogen and oxygen atoms in total. The van der Waals surface area contributed by atoms with Crippen LogP contribution in [0.2, 0.25) is 0 Å². The van der Waals surface area contributed by atoms with Crippen molar-refractivity contribution in [2.45, 2.75) is 6.54 Å². The van der Waals surface area contributed by atoms with Crippen molar-refractivity contribution in [1.82, 2.24) is 0 Å². The number of benzene rings is 1. The summed E-state index contributed by atoms with van der Waals surface area (Å²) in [6, 6.07) is 14.0. The van der Waals surface area contributed by atoms with Crippen LogP contribution in [0, 0.1) is 0 Å². The lowest BCUT2D eigenvalue weighted by Crippen LogP contribution is -2.43. The highest BCUT2D eigenvalue weighted by molar-refractivity contribution is 5.60. The summed E-state index contributed by atoms with van der Waals surface area (Å²) in [4.78, 5) is 0. The molecule has 2 aromatic rings. The summed E-state index contributed by atoms with van der Waals surface area (Å²) in [6.45, 7) is 5.21. The molecule has 0 amide bonds. The number of rotatable bonds is 7. The molecule has 0 aliphatic rings. The maximum Gasteiger partial charge on any atom is 0.205 e. The van der Waals surface area contributed by atoms with Gasteiger partial charge in [0.05, 0.1) is 13.7 Å². The van der Waals surface area contributed by atoms with Crippen LogP contribution in [0.1, 0.15) is 17.0 Å². The SMILES string of the molecule is C=Cc1cccc(/C=C/C=C\c2ccccc2OC)[n+]1CCN. The van der Waals surface area contributed by atoms with E-state index in [4.69, 9.17) is 10.5 Å². The Morgan fingerprint density at radius 3 is 2.52 bits per heavy atom. The Balaban J connectivity index is 2.20. The van der Waals surface area contributed by atoms with Crippen LogP contribution in [0.3, 0.4) is 0 Å². The monoisotopic (exact) mass is 307 g/mol. The quantitative estimate of drug-likeness (QED) is 0.629. The molecular formula is C20H23N2O+. The lowest BCUT2D eigenvalue weighted by atomic mass is 10.2. The van der Waals surface area contributed by atoms with Crippen LogP contribution in [0.15, 0.2) is 61.2 Å². The number of hydrogen-bond donors (Lipinski definition) is 1. The molecule has 0 fully saturated rings. The fraction of sp³-hybridized carbons (Fsp3) is 0.150. The van der Waals surface area contributed by atoms with E-state index in [-0.39, 0.29) is 0 Å². The first-order valence-corrected chi connectivity index (χ1v) is 7.63. The smallest absolute Gasteiger partial charge is 0.205 e. The standard InChI is InChI=1S/C20H23N2O/c1-3-18-12-8-13-19(22(18)16-15-21)11-6-4-9-17-10-5-7-14-20(17)23-2/h3-14H,1,15-16,21H2,2H3/q+1/b9-4-,11-6+. The molecule has 0 unspecified atom stereocenters. The van der Waals surface area contributed by atoms with Crippen molar-refractivity contribution in [2.24, 2.45) is 5.73 Å². The largest absolute Gasteiger partial charge is 0.496 e. The van der Waals surface area contributed by atoms with Gasteiger partial charge in [-0.2, -0.15) is 4.57 Å². The molecule has 0 aliphatic heterocycles. The van der Waals surface area contributed by atoms with Gasteiger partial charge in [0, 0.05) is 29.8 Å². The van der Waals surface area contributed by atoms with Crippen molar-refractivity contribution in [1.29, 1.82) is 0 Å². The van der Waals surface area contributed by atoms with E-state index in [2.05, 4.69) is 23.3 Å². The highest BCUT2D eigenvalue weighted by atomic mass is 16.5. The molecule has 2 rings (SSSR count). The van der Waals surface area contributed by atoms with Crippen LogP contribution in [0.5, 0.6) is 5.75 Å². The zero-order valence-electron chi connectivity index (χ0n) is 13.5. The number of para-hydroxylation sites is 1. The van der Waals surface area contributed by atoms with Crippen molar-refractivity contribution in [3.8, 4) is 5.75 Å². The molecule has 0 radical (unpaired) electrons. The maximum absolute atomic E-state index is 5.71. The van der Waals surface area contributed by atoms with Gasteiger partial charge < -0.3 is 10.5 Å². The molecule has 23 heavy (non-hydrogen) atoms. The van der Waals surface area contributed by atoms with Crippen molar-refractivity contribution in [3.63, 3.8) is 0 Å². The molecule has 1 heterocycles. The Bertz CT molecular complexity index is 717. The average molecular weight is 307 g/mol. The summed E-state index contributed by atoms with van der Waals surface area (Å²) in [5, 5.41) is 0. The van der Waals surface area contributed by atoms with Crippen LogP contribution >= 0.6 is 0 Å². The van der Waals surface area contributed by atoms with Gasteiger partial charge in [-0.05, 0) is 12.1 Å². The topological polar surface area (TPSA) is 39.1 Å². The summed E-state index contributed by atoms with van der Waals surface area (Å²) < 4.78 is 7.49. The van der Waals surface area contributed by atoms with Gasteiger partial charge >= 0.3 is 0 Å². The second-order valence-electron chi connectivity index (χ2n) is 4.98. The Morgan fingerprint density at radius 1 is 1.04 bits per heavy atom. The van der Waals surface area contributed by atoms with Crippen LogP contribution in [-0.2, 0) is 6.54 Å². The molecule has 0 saturated carbocycles.